The van der Waals surface area contributed by atoms with Crippen molar-refractivity contribution in [2.75, 3.05) is 0 Å². The Morgan fingerprint density at radius 2 is 1.47 bits per heavy atom. The Morgan fingerprint density at radius 3 is 2.16 bits per heavy atom. The third kappa shape index (κ3) is 3.88. The lowest BCUT2D eigenvalue weighted by atomic mass is 9.82. The van der Waals surface area contributed by atoms with Crippen LogP contribution in [0.15, 0.2) is 0 Å². The van der Waals surface area contributed by atoms with Gasteiger partial charge in [0.1, 0.15) is 6.29 Å². The summed E-state index contributed by atoms with van der Waals surface area (Å²) in [5.41, 5.74) is 0. The number of carbonyl (C=O) groups excluding carboxylic acids is 3. The van der Waals surface area contributed by atoms with Crippen molar-refractivity contribution < 1.29 is 19.1 Å². The van der Waals surface area contributed by atoms with E-state index < -0.39 is 5.97 Å². The van der Waals surface area contributed by atoms with Gasteiger partial charge in [0.25, 0.3) is 0 Å². The molecule has 0 aliphatic heterocycles. The standard InChI is InChI=1S/C15H22O4/c16-10-11-5-4-8-13(9-11)15(18)19-14(17)12-6-2-1-3-7-12/h10-13H,1-9H2. The van der Waals surface area contributed by atoms with Crippen molar-refractivity contribution >= 4 is 18.2 Å². The molecule has 0 heterocycles. The SMILES string of the molecule is O=CC1CCCC(C(=O)OC(=O)C2CCCCC2)C1. The Bertz CT molecular complexity index is 344. The van der Waals surface area contributed by atoms with Gasteiger partial charge in [-0.2, -0.15) is 0 Å². The molecular weight excluding hydrogens is 244 g/mol. The Hall–Kier alpha value is -1.19. The summed E-state index contributed by atoms with van der Waals surface area (Å²) in [4.78, 5) is 34.6. The summed E-state index contributed by atoms with van der Waals surface area (Å²) in [5.74, 6) is -1.17. The minimum absolute atomic E-state index is 0.0453. The van der Waals surface area contributed by atoms with E-state index in [4.69, 9.17) is 4.74 Å². The van der Waals surface area contributed by atoms with Gasteiger partial charge in [-0.05, 0) is 32.1 Å². The first-order valence-electron chi connectivity index (χ1n) is 7.41. The zero-order valence-electron chi connectivity index (χ0n) is 11.3. The summed E-state index contributed by atoms with van der Waals surface area (Å²) in [6, 6.07) is 0. The van der Waals surface area contributed by atoms with E-state index in [2.05, 4.69) is 0 Å². The highest BCUT2D eigenvalue weighted by atomic mass is 16.6. The molecule has 2 aliphatic carbocycles. The number of rotatable bonds is 3. The van der Waals surface area contributed by atoms with Crippen LogP contribution in [0.25, 0.3) is 0 Å². The predicted octanol–water partition coefficient (Wildman–Crippen LogP) is 2.64. The van der Waals surface area contributed by atoms with E-state index in [0.717, 1.165) is 51.2 Å². The zero-order valence-corrected chi connectivity index (χ0v) is 11.3. The number of carbonyl (C=O) groups is 3. The fraction of sp³-hybridized carbons (Fsp3) is 0.800. The summed E-state index contributed by atoms with van der Waals surface area (Å²) in [6.07, 6.45) is 8.85. The van der Waals surface area contributed by atoms with Crippen molar-refractivity contribution in [1.29, 1.82) is 0 Å². The summed E-state index contributed by atoms with van der Waals surface area (Å²) in [6.45, 7) is 0. The molecule has 2 aliphatic rings. The Morgan fingerprint density at radius 1 is 0.842 bits per heavy atom. The number of hydrogen-bond donors (Lipinski definition) is 0. The van der Waals surface area contributed by atoms with Crippen LogP contribution >= 0.6 is 0 Å². The first-order valence-corrected chi connectivity index (χ1v) is 7.41. The van der Waals surface area contributed by atoms with Gasteiger partial charge >= 0.3 is 11.9 Å². The second-order valence-electron chi connectivity index (χ2n) is 5.83. The molecular formula is C15H22O4. The largest absolute Gasteiger partial charge is 0.393 e. The van der Waals surface area contributed by atoms with E-state index in [-0.39, 0.29) is 23.7 Å². The number of esters is 2. The molecule has 2 rings (SSSR count). The van der Waals surface area contributed by atoms with Gasteiger partial charge in [-0.15, -0.1) is 0 Å². The van der Waals surface area contributed by atoms with Gasteiger partial charge in [0, 0.05) is 5.92 Å². The van der Waals surface area contributed by atoms with Gasteiger partial charge in [-0.3, -0.25) is 9.59 Å². The van der Waals surface area contributed by atoms with Gasteiger partial charge in [-0.1, -0.05) is 25.7 Å². The molecule has 2 saturated carbocycles. The normalized spacial score (nSPS) is 28.6. The molecule has 2 unspecified atom stereocenters. The lowest BCUT2D eigenvalue weighted by Crippen LogP contribution is -2.30. The van der Waals surface area contributed by atoms with Gasteiger partial charge in [0.2, 0.25) is 0 Å². The molecule has 0 aromatic rings. The quantitative estimate of drug-likeness (QED) is 0.447. The Balaban J connectivity index is 1.82. The third-order valence-electron chi connectivity index (χ3n) is 4.38. The van der Waals surface area contributed by atoms with Crippen molar-refractivity contribution in [3.63, 3.8) is 0 Å². The molecule has 2 atom stereocenters. The maximum atomic E-state index is 12.0. The highest BCUT2D eigenvalue weighted by molar-refractivity contribution is 5.88. The molecule has 19 heavy (non-hydrogen) atoms. The van der Waals surface area contributed by atoms with Crippen LogP contribution in [0.2, 0.25) is 0 Å². The minimum Gasteiger partial charge on any atom is -0.393 e. The number of hydrogen-bond acceptors (Lipinski definition) is 4. The van der Waals surface area contributed by atoms with Gasteiger partial charge in [0.05, 0.1) is 11.8 Å². The average Bonchev–Trinajstić information content (AvgIpc) is 2.48. The average molecular weight is 266 g/mol. The summed E-state index contributed by atoms with van der Waals surface area (Å²) in [5, 5.41) is 0. The van der Waals surface area contributed by atoms with Crippen molar-refractivity contribution in [2.24, 2.45) is 17.8 Å². The van der Waals surface area contributed by atoms with E-state index in [1.165, 1.54) is 6.42 Å². The monoisotopic (exact) mass is 266 g/mol. The topological polar surface area (TPSA) is 60.4 Å². The first-order chi connectivity index (χ1) is 9.20. The fourth-order valence-corrected chi connectivity index (χ4v) is 3.17. The highest BCUT2D eigenvalue weighted by Crippen LogP contribution is 2.30. The van der Waals surface area contributed by atoms with E-state index in [0.29, 0.717) is 6.42 Å². The lowest BCUT2D eigenvalue weighted by molar-refractivity contribution is -0.167. The molecule has 106 valence electrons. The molecule has 0 spiro atoms. The molecule has 0 aromatic heterocycles. The van der Waals surface area contributed by atoms with Crippen LogP contribution in [0, 0.1) is 17.8 Å². The molecule has 0 aromatic carbocycles. The van der Waals surface area contributed by atoms with Gasteiger partial charge in [0.15, 0.2) is 0 Å². The second-order valence-corrected chi connectivity index (χ2v) is 5.83. The van der Waals surface area contributed by atoms with Gasteiger partial charge in [-0.25, -0.2) is 0 Å². The molecule has 0 saturated heterocycles. The van der Waals surface area contributed by atoms with Crippen LogP contribution in [0.1, 0.15) is 57.8 Å². The Kier molecular flexibility index (Phi) is 5.11. The predicted molar refractivity (Wildman–Crippen MR) is 69.2 cm³/mol. The van der Waals surface area contributed by atoms with Crippen LogP contribution < -0.4 is 0 Å². The van der Waals surface area contributed by atoms with Crippen LogP contribution in [-0.2, 0) is 19.1 Å². The van der Waals surface area contributed by atoms with Crippen LogP contribution in [-0.4, -0.2) is 18.2 Å². The molecule has 0 radical (unpaired) electrons. The summed E-state index contributed by atoms with van der Waals surface area (Å²) < 4.78 is 5.03. The van der Waals surface area contributed by atoms with Crippen molar-refractivity contribution in [1.82, 2.24) is 0 Å². The molecule has 0 bridgehead atoms. The van der Waals surface area contributed by atoms with E-state index in [1.807, 2.05) is 0 Å². The summed E-state index contributed by atoms with van der Waals surface area (Å²) in [7, 11) is 0. The molecule has 0 amide bonds. The molecule has 0 N–H and O–H groups in total. The minimum atomic E-state index is -0.415. The first kappa shape index (κ1) is 14.2. The molecule has 2 fully saturated rings. The van der Waals surface area contributed by atoms with Crippen LogP contribution in [0.4, 0.5) is 0 Å². The maximum absolute atomic E-state index is 12.0. The van der Waals surface area contributed by atoms with E-state index in [9.17, 15) is 14.4 Å². The smallest absolute Gasteiger partial charge is 0.316 e. The number of aldehydes is 1. The van der Waals surface area contributed by atoms with Gasteiger partial charge < -0.3 is 9.53 Å². The maximum Gasteiger partial charge on any atom is 0.316 e. The molecule has 4 nitrogen and oxygen atoms in total. The zero-order chi connectivity index (χ0) is 13.7. The highest BCUT2D eigenvalue weighted by Gasteiger charge is 2.31. The summed E-state index contributed by atoms with van der Waals surface area (Å²) >= 11 is 0. The lowest BCUT2D eigenvalue weighted by Gasteiger charge is -2.25. The number of ether oxygens (including phenoxy) is 1. The van der Waals surface area contributed by atoms with E-state index >= 15 is 0 Å². The second kappa shape index (κ2) is 6.83. The van der Waals surface area contributed by atoms with Crippen LogP contribution in [0.5, 0.6) is 0 Å². The Labute approximate surface area is 113 Å². The van der Waals surface area contributed by atoms with Crippen molar-refractivity contribution in [3.05, 3.63) is 0 Å². The van der Waals surface area contributed by atoms with Crippen molar-refractivity contribution in [3.8, 4) is 0 Å². The molecule has 4 heteroatoms. The third-order valence-corrected chi connectivity index (χ3v) is 4.38. The van der Waals surface area contributed by atoms with Crippen LogP contribution in [0.3, 0.4) is 0 Å². The fourth-order valence-electron chi connectivity index (χ4n) is 3.17. The van der Waals surface area contributed by atoms with Crippen molar-refractivity contribution in [2.45, 2.75) is 57.8 Å². The van der Waals surface area contributed by atoms with E-state index in [1.54, 1.807) is 0 Å².